The molecule has 1 aromatic rings. The average Bonchev–Trinajstić information content (AvgIpc) is 2.27. The third-order valence-corrected chi connectivity index (χ3v) is 2.64. The van der Waals surface area contributed by atoms with E-state index >= 15 is 0 Å². The van der Waals surface area contributed by atoms with E-state index < -0.39 is 10.8 Å². The Morgan fingerprint density at radius 3 is 2.61 bits per heavy atom. The normalized spacial score (nSPS) is 13.9. The molecule has 0 aliphatic carbocycles. The molecule has 1 amide bonds. The number of primary amides is 1. The van der Waals surface area contributed by atoms with Gasteiger partial charge in [-0.15, -0.1) is 0 Å². The number of para-hydroxylation sites is 1. The highest BCUT2D eigenvalue weighted by molar-refractivity contribution is 5.74. The van der Waals surface area contributed by atoms with E-state index in [1.54, 1.807) is 18.2 Å². The van der Waals surface area contributed by atoms with E-state index in [4.69, 9.17) is 5.73 Å². The summed E-state index contributed by atoms with van der Waals surface area (Å²) in [7, 11) is 0. The van der Waals surface area contributed by atoms with E-state index in [1.807, 2.05) is 13.8 Å². The highest BCUT2D eigenvalue weighted by Gasteiger charge is 2.19. The van der Waals surface area contributed by atoms with Crippen LogP contribution >= 0.6 is 0 Å². The Hall–Kier alpha value is -1.95. The Kier molecular flexibility index (Phi) is 4.79. The zero-order chi connectivity index (χ0) is 13.7. The number of nitrogens with one attached hydrogen (secondary N) is 1. The lowest BCUT2D eigenvalue weighted by atomic mass is 10.0. The molecule has 0 aromatic heterocycles. The molecule has 6 heteroatoms. The van der Waals surface area contributed by atoms with Crippen molar-refractivity contribution in [1.82, 2.24) is 5.32 Å². The lowest BCUT2D eigenvalue weighted by Gasteiger charge is -2.19. The SMILES string of the molecule is CC(CC(N)=O)NC(C)c1ccccc1[N+](=O)[O-]. The van der Waals surface area contributed by atoms with Crippen molar-refractivity contribution in [3.8, 4) is 0 Å². The van der Waals surface area contributed by atoms with Gasteiger partial charge in [0.25, 0.3) is 5.69 Å². The van der Waals surface area contributed by atoms with Crippen molar-refractivity contribution in [3.63, 3.8) is 0 Å². The third kappa shape index (κ3) is 3.81. The second-order valence-corrected chi connectivity index (χ2v) is 4.28. The molecule has 0 heterocycles. The zero-order valence-corrected chi connectivity index (χ0v) is 10.4. The number of nitrogens with two attached hydrogens (primary N) is 1. The van der Waals surface area contributed by atoms with Crippen LogP contribution in [0.4, 0.5) is 5.69 Å². The second kappa shape index (κ2) is 6.11. The molecule has 0 bridgehead atoms. The van der Waals surface area contributed by atoms with Gasteiger partial charge in [0.05, 0.1) is 4.92 Å². The maximum atomic E-state index is 10.9. The number of amides is 1. The van der Waals surface area contributed by atoms with Crippen LogP contribution in [0.1, 0.15) is 31.9 Å². The first-order chi connectivity index (χ1) is 8.41. The Morgan fingerprint density at radius 2 is 2.06 bits per heavy atom. The molecule has 0 radical (unpaired) electrons. The van der Waals surface area contributed by atoms with Crippen LogP contribution in [0, 0.1) is 10.1 Å². The van der Waals surface area contributed by atoms with Gasteiger partial charge in [-0.3, -0.25) is 14.9 Å². The number of carbonyl (C=O) groups is 1. The topological polar surface area (TPSA) is 98.3 Å². The lowest BCUT2D eigenvalue weighted by molar-refractivity contribution is -0.385. The van der Waals surface area contributed by atoms with Crippen molar-refractivity contribution in [2.24, 2.45) is 5.73 Å². The first kappa shape index (κ1) is 14.1. The fourth-order valence-electron chi connectivity index (χ4n) is 1.90. The minimum Gasteiger partial charge on any atom is -0.370 e. The van der Waals surface area contributed by atoms with Crippen LogP contribution < -0.4 is 11.1 Å². The average molecular weight is 251 g/mol. The summed E-state index contributed by atoms with van der Waals surface area (Å²) in [6.45, 7) is 3.63. The first-order valence-corrected chi connectivity index (χ1v) is 5.69. The third-order valence-electron chi connectivity index (χ3n) is 2.64. The molecule has 1 rings (SSSR count). The van der Waals surface area contributed by atoms with Crippen LogP contribution in [-0.4, -0.2) is 16.9 Å². The van der Waals surface area contributed by atoms with E-state index in [2.05, 4.69) is 5.32 Å². The predicted molar refractivity (Wildman–Crippen MR) is 67.9 cm³/mol. The van der Waals surface area contributed by atoms with E-state index in [0.717, 1.165) is 0 Å². The summed E-state index contributed by atoms with van der Waals surface area (Å²) in [6.07, 6.45) is 0.199. The Bertz CT molecular complexity index is 448. The van der Waals surface area contributed by atoms with E-state index in [9.17, 15) is 14.9 Å². The molecule has 0 aliphatic heterocycles. The summed E-state index contributed by atoms with van der Waals surface area (Å²) in [5.74, 6) is -0.398. The van der Waals surface area contributed by atoms with Gasteiger partial charge in [-0.05, 0) is 13.8 Å². The minimum absolute atomic E-state index is 0.0729. The van der Waals surface area contributed by atoms with E-state index in [0.29, 0.717) is 5.56 Å². The molecule has 0 aliphatic rings. The van der Waals surface area contributed by atoms with Gasteiger partial charge in [0.1, 0.15) is 0 Å². The molecular weight excluding hydrogens is 234 g/mol. The molecule has 18 heavy (non-hydrogen) atoms. The fraction of sp³-hybridized carbons (Fsp3) is 0.417. The Labute approximate surface area is 105 Å². The van der Waals surface area contributed by atoms with Crippen LogP contribution in [0.25, 0.3) is 0 Å². The molecule has 0 spiro atoms. The van der Waals surface area contributed by atoms with Gasteiger partial charge < -0.3 is 11.1 Å². The van der Waals surface area contributed by atoms with Gasteiger partial charge in [0, 0.05) is 30.1 Å². The van der Waals surface area contributed by atoms with Crippen LogP contribution in [0.15, 0.2) is 24.3 Å². The molecule has 0 saturated heterocycles. The van der Waals surface area contributed by atoms with Gasteiger partial charge in [-0.2, -0.15) is 0 Å². The molecule has 0 saturated carbocycles. The molecule has 6 nitrogen and oxygen atoms in total. The van der Waals surface area contributed by atoms with E-state index in [-0.39, 0.29) is 24.2 Å². The van der Waals surface area contributed by atoms with Crippen LogP contribution in [0.2, 0.25) is 0 Å². The van der Waals surface area contributed by atoms with Crippen LogP contribution in [0.5, 0.6) is 0 Å². The standard InChI is InChI=1S/C12H17N3O3/c1-8(7-12(13)16)14-9(2)10-5-3-4-6-11(10)15(17)18/h3-6,8-9,14H,7H2,1-2H3,(H2,13,16). The number of rotatable bonds is 6. The number of hydrogen-bond acceptors (Lipinski definition) is 4. The lowest BCUT2D eigenvalue weighted by Crippen LogP contribution is -2.33. The summed E-state index contributed by atoms with van der Waals surface area (Å²) in [5, 5.41) is 14.0. The maximum absolute atomic E-state index is 10.9. The van der Waals surface area contributed by atoms with Crippen molar-refractivity contribution in [2.75, 3.05) is 0 Å². The summed E-state index contributed by atoms with van der Waals surface area (Å²) in [5.41, 5.74) is 5.77. The van der Waals surface area contributed by atoms with Crippen molar-refractivity contribution in [3.05, 3.63) is 39.9 Å². The Morgan fingerprint density at radius 1 is 1.44 bits per heavy atom. The van der Waals surface area contributed by atoms with Crippen LogP contribution in [-0.2, 0) is 4.79 Å². The number of nitro groups is 1. The van der Waals surface area contributed by atoms with Crippen molar-refractivity contribution in [2.45, 2.75) is 32.4 Å². The number of carbonyl (C=O) groups excluding carboxylic acids is 1. The van der Waals surface area contributed by atoms with Gasteiger partial charge in [-0.25, -0.2) is 0 Å². The van der Waals surface area contributed by atoms with Crippen molar-refractivity contribution in [1.29, 1.82) is 0 Å². The van der Waals surface area contributed by atoms with E-state index in [1.165, 1.54) is 6.07 Å². The highest BCUT2D eigenvalue weighted by atomic mass is 16.6. The highest BCUT2D eigenvalue weighted by Crippen LogP contribution is 2.24. The summed E-state index contributed by atoms with van der Waals surface area (Å²) in [4.78, 5) is 21.3. The smallest absolute Gasteiger partial charge is 0.274 e. The van der Waals surface area contributed by atoms with Gasteiger partial charge in [-0.1, -0.05) is 18.2 Å². The van der Waals surface area contributed by atoms with Crippen LogP contribution in [0.3, 0.4) is 0 Å². The number of benzene rings is 1. The summed E-state index contributed by atoms with van der Waals surface area (Å²) >= 11 is 0. The second-order valence-electron chi connectivity index (χ2n) is 4.28. The minimum atomic E-state index is -0.410. The summed E-state index contributed by atoms with van der Waals surface area (Å²) < 4.78 is 0. The van der Waals surface area contributed by atoms with Gasteiger partial charge >= 0.3 is 0 Å². The van der Waals surface area contributed by atoms with Gasteiger partial charge in [0.15, 0.2) is 0 Å². The molecule has 3 N–H and O–H groups in total. The maximum Gasteiger partial charge on any atom is 0.274 e. The van der Waals surface area contributed by atoms with Crippen molar-refractivity contribution >= 4 is 11.6 Å². The molecule has 0 fully saturated rings. The fourth-order valence-corrected chi connectivity index (χ4v) is 1.90. The summed E-state index contributed by atoms with van der Waals surface area (Å²) in [6, 6.07) is 6.19. The first-order valence-electron chi connectivity index (χ1n) is 5.69. The predicted octanol–water partition coefficient (Wildman–Crippen LogP) is 1.51. The largest absolute Gasteiger partial charge is 0.370 e. The van der Waals surface area contributed by atoms with Gasteiger partial charge in [0.2, 0.25) is 5.91 Å². The quantitative estimate of drug-likeness (QED) is 0.591. The molecule has 2 unspecified atom stereocenters. The number of nitrogens with zero attached hydrogens (tertiary/aromatic N) is 1. The molecular formula is C12H17N3O3. The molecule has 98 valence electrons. The van der Waals surface area contributed by atoms with Crippen molar-refractivity contribution < 1.29 is 9.72 Å². The number of hydrogen-bond donors (Lipinski definition) is 2. The molecule has 2 atom stereocenters. The monoisotopic (exact) mass is 251 g/mol. The molecule has 1 aromatic carbocycles. The Balaban J connectivity index is 2.81. The number of nitro benzene ring substituents is 1. The zero-order valence-electron chi connectivity index (χ0n) is 10.4.